The number of rotatable bonds is 9. The molecule has 144 valence electrons. The Morgan fingerprint density at radius 1 is 1.19 bits per heavy atom. The van der Waals surface area contributed by atoms with Crippen molar-refractivity contribution in [3.05, 3.63) is 53.9 Å². The third-order valence-electron chi connectivity index (χ3n) is 3.77. The molecule has 0 saturated heterocycles. The van der Waals surface area contributed by atoms with Crippen molar-refractivity contribution in [2.24, 2.45) is 0 Å². The van der Waals surface area contributed by atoms with Crippen LogP contribution in [0.5, 0.6) is 0 Å². The van der Waals surface area contributed by atoms with Crippen molar-refractivity contribution < 1.29 is 14.3 Å². The Hall–Kier alpha value is -2.93. The summed E-state index contributed by atoms with van der Waals surface area (Å²) in [6.07, 6.45) is 2.57. The summed E-state index contributed by atoms with van der Waals surface area (Å²) in [5, 5.41) is 6.02. The summed E-state index contributed by atoms with van der Waals surface area (Å²) < 4.78 is 5.03. The van der Waals surface area contributed by atoms with E-state index >= 15 is 0 Å². The largest absolute Gasteiger partial charge is 0.462 e. The van der Waals surface area contributed by atoms with E-state index in [2.05, 4.69) is 20.5 Å². The number of esters is 1. The summed E-state index contributed by atoms with van der Waals surface area (Å²) in [6.45, 7) is 3.79. The average Bonchev–Trinajstić information content (AvgIpc) is 2.66. The number of pyridine rings is 1. The monoisotopic (exact) mass is 370 g/mol. The zero-order valence-electron chi connectivity index (χ0n) is 16.0. The Labute approximate surface area is 159 Å². The van der Waals surface area contributed by atoms with Gasteiger partial charge in [-0.2, -0.15) is 0 Å². The lowest BCUT2D eigenvalue weighted by molar-refractivity contribution is 0.0527. The molecule has 1 aromatic carbocycles. The van der Waals surface area contributed by atoms with Crippen LogP contribution in [-0.2, 0) is 4.74 Å². The first-order valence-corrected chi connectivity index (χ1v) is 8.93. The van der Waals surface area contributed by atoms with Crippen molar-refractivity contribution in [3.63, 3.8) is 0 Å². The van der Waals surface area contributed by atoms with Gasteiger partial charge in [0, 0.05) is 18.4 Å². The average molecular weight is 370 g/mol. The molecule has 0 aliphatic carbocycles. The lowest BCUT2D eigenvalue weighted by Crippen LogP contribution is -2.18. The Kier molecular flexibility index (Phi) is 7.76. The Balaban J connectivity index is 2.04. The third kappa shape index (κ3) is 6.38. The van der Waals surface area contributed by atoms with E-state index in [0.717, 1.165) is 25.2 Å². The summed E-state index contributed by atoms with van der Waals surface area (Å²) in [6, 6.07) is 10.3. The maximum Gasteiger partial charge on any atom is 0.340 e. The number of hydrogen-bond acceptors (Lipinski definition) is 6. The van der Waals surface area contributed by atoms with E-state index in [1.165, 1.54) is 0 Å². The fourth-order valence-corrected chi connectivity index (χ4v) is 2.46. The van der Waals surface area contributed by atoms with E-state index in [-0.39, 0.29) is 18.2 Å². The van der Waals surface area contributed by atoms with Crippen LogP contribution in [0.15, 0.2) is 42.6 Å². The molecule has 27 heavy (non-hydrogen) atoms. The van der Waals surface area contributed by atoms with Crippen molar-refractivity contribution in [3.8, 4) is 0 Å². The number of nitrogens with one attached hydrogen (secondary N) is 2. The zero-order chi connectivity index (χ0) is 19.6. The normalized spacial score (nSPS) is 10.5. The maximum absolute atomic E-state index is 12.6. The van der Waals surface area contributed by atoms with Gasteiger partial charge < -0.3 is 20.3 Å². The predicted molar refractivity (Wildman–Crippen MR) is 106 cm³/mol. The molecule has 0 bridgehead atoms. The van der Waals surface area contributed by atoms with Crippen LogP contribution >= 0.6 is 0 Å². The van der Waals surface area contributed by atoms with Gasteiger partial charge in [0.15, 0.2) is 0 Å². The molecule has 2 N–H and O–H groups in total. The quantitative estimate of drug-likeness (QED) is 0.522. The minimum atomic E-state index is -0.474. The second-order valence-corrected chi connectivity index (χ2v) is 6.23. The molecule has 0 radical (unpaired) electrons. The molecule has 0 unspecified atom stereocenters. The van der Waals surface area contributed by atoms with Gasteiger partial charge in [-0.1, -0.05) is 12.1 Å². The molecule has 1 aromatic heterocycles. The molecule has 0 aliphatic rings. The summed E-state index contributed by atoms with van der Waals surface area (Å²) in [7, 11) is 4.06. The highest BCUT2D eigenvalue weighted by Crippen LogP contribution is 2.18. The number of benzene rings is 1. The number of aromatic nitrogens is 1. The molecule has 0 fully saturated rings. The molecule has 7 nitrogen and oxygen atoms in total. The van der Waals surface area contributed by atoms with Crippen molar-refractivity contribution in [2.45, 2.75) is 13.3 Å². The molecular weight excluding hydrogens is 344 g/mol. The fraction of sp³-hybridized carbons (Fsp3) is 0.350. The van der Waals surface area contributed by atoms with Gasteiger partial charge in [0.05, 0.1) is 17.9 Å². The number of anilines is 2. The van der Waals surface area contributed by atoms with Gasteiger partial charge in [0.25, 0.3) is 5.91 Å². The maximum atomic E-state index is 12.6. The van der Waals surface area contributed by atoms with Gasteiger partial charge in [-0.3, -0.25) is 9.78 Å². The Morgan fingerprint density at radius 3 is 2.70 bits per heavy atom. The van der Waals surface area contributed by atoms with Crippen LogP contribution in [0.3, 0.4) is 0 Å². The van der Waals surface area contributed by atoms with Gasteiger partial charge in [-0.25, -0.2) is 4.79 Å². The molecule has 0 atom stereocenters. The van der Waals surface area contributed by atoms with Gasteiger partial charge >= 0.3 is 5.97 Å². The van der Waals surface area contributed by atoms with E-state index in [1.54, 1.807) is 43.5 Å². The molecule has 1 amide bonds. The second-order valence-electron chi connectivity index (χ2n) is 6.23. The minimum Gasteiger partial charge on any atom is -0.462 e. The van der Waals surface area contributed by atoms with Gasteiger partial charge in [0.2, 0.25) is 0 Å². The highest BCUT2D eigenvalue weighted by atomic mass is 16.5. The van der Waals surface area contributed by atoms with Crippen molar-refractivity contribution in [2.75, 3.05) is 44.4 Å². The van der Waals surface area contributed by atoms with Crippen LogP contribution in [0.25, 0.3) is 0 Å². The number of hydrogen-bond donors (Lipinski definition) is 2. The lowest BCUT2D eigenvalue weighted by Gasteiger charge is -2.12. The van der Waals surface area contributed by atoms with Crippen molar-refractivity contribution >= 4 is 23.3 Å². The molecule has 0 aliphatic heterocycles. The number of carbonyl (C=O) groups excluding carboxylic acids is 2. The Bertz CT molecular complexity index is 777. The van der Waals surface area contributed by atoms with Gasteiger partial charge in [-0.05, 0) is 58.3 Å². The van der Waals surface area contributed by atoms with E-state index < -0.39 is 5.97 Å². The number of ether oxygens (including phenoxy) is 1. The summed E-state index contributed by atoms with van der Waals surface area (Å²) >= 11 is 0. The Morgan fingerprint density at radius 2 is 1.96 bits per heavy atom. The number of amides is 1. The SMILES string of the molecule is CCOC(=O)c1ccccc1NC(=O)c1cc(NCCCN(C)C)ccn1. The highest BCUT2D eigenvalue weighted by Gasteiger charge is 2.15. The summed E-state index contributed by atoms with van der Waals surface area (Å²) in [4.78, 5) is 30.8. The lowest BCUT2D eigenvalue weighted by atomic mass is 10.1. The van der Waals surface area contributed by atoms with Gasteiger partial charge in [0.1, 0.15) is 5.69 Å². The third-order valence-corrected chi connectivity index (χ3v) is 3.77. The van der Waals surface area contributed by atoms with Crippen molar-refractivity contribution in [1.82, 2.24) is 9.88 Å². The molecule has 0 spiro atoms. The highest BCUT2D eigenvalue weighted by molar-refractivity contribution is 6.07. The zero-order valence-corrected chi connectivity index (χ0v) is 16.0. The number of carbonyl (C=O) groups is 2. The first-order chi connectivity index (χ1) is 13.0. The summed E-state index contributed by atoms with van der Waals surface area (Å²) in [5.74, 6) is -0.860. The summed E-state index contributed by atoms with van der Waals surface area (Å²) in [5.41, 5.74) is 1.80. The van der Waals surface area contributed by atoms with Crippen LogP contribution in [-0.4, -0.2) is 55.6 Å². The number of para-hydroxylation sites is 1. The first-order valence-electron chi connectivity index (χ1n) is 8.93. The minimum absolute atomic E-state index is 0.268. The van der Waals surface area contributed by atoms with Crippen LogP contribution < -0.4 is 10.6 Å². The number of nitrogens with zero attached hydrogens (tertiary/aromatic N) is 2. The van der Waals surface area contributed by atoms with E-state index in [4.69, 9.17) is 4.74 Å². The first kappa shape index (κ1) is 20.4. The molecule has 1 heterocycles. The molecule has 2 aromatic rings. The molecular formula is C20H26N4O3. The van der Waals surface area contributed by atoms with E-state index in [1.807, 2.05) is 20.2 Å². The van der Waals surface area contributed by atoms with Crippen LogP contribution in [0, 0.1) is 0 Å². The van der Waals surface area contributed by atoms with Crippen molar-refractivity contribution in [1.29, 1.82) is 0 Å². The molecule has 0 saturated carbocycles. The van der Waals surface area contributed by atoms with Crippen LogP contribution in [0.2, 0.25) is 0 Å². The topological polar surface area (TPSA) is 83.6 Å². The second kappa shape index (κ2) is 10.3. The van der Waals surface area contributed by atoms with Gasteiger partial charge in [-0.15, -0.1) is 0 Å². The molecule has 7 heteroatoms. The standard InChI is InChI=1S/C20H26N4O3/c1-4-27-20(26)16-8-5-6-9-17(16)23-19(25)18-14-15(10-12-22-18)21-11-7-13-24(2)3/h5-6,8-10,12,14H,4,7,11,13H2,1-3H3,(H,21,22)(H,23,25). The fourth-order valence-electron chi connectivity index (χ4n) is 2.46. The van der Waals surface area contributed by atoms with Crippen LogP contribution in [0.1, 0.15) is 34.2 Å². The molecule has 2 rings (SSSR count). The smallest absolute Gasteiger partial charge is 0.340 e. The predicted octanol–water partition coefficient (Wildman–Crippen LogP) is 2.87. The van der Waals surface area contributed by atoms with E-state index in [9.17, 15) is 9.59 Å². The van der Waals surface area contributed by atoms with E-state index in [0.29, 0.717) is 11.3 Å². The van der Waals surface area contributed by atoms with Crippen LogP contribution in [0.4, 0.5) is 11.4 Å².